The highest BCUT2D eigenvalue weighted by Crippen LogP contribution is 2.48. The number of thioether (sulfide) groups is 1. The lowest BCUT2D eigenvalue weighted by Crippen LogP contribution is -2.18. The van der Waals surface area contributed by atoms with Crippen molar-refractivity contribution < 1.29 is 4.74 Å². The molecule has 2 nitrogen and oxygen atoms in total. The monoisotopic (exact) mass is 315 g/mol. The van der Waals surface area contributed by atoms with E-state index in [1.165, 1.54) is 22.4 Å². The van der Waals surface area contributed by atoms with E-state index in [1.807, 2.05) is 6.07 Å². The molecule has 0 N–H and O–H groups in total. The second kappa shape index (κ2) is 5.70. The molecule has 0 unspecified atom stereocenters. The smallest absolute Gasteiger partial charge is 0.120 e. The van der Waals surface area contributed by atoms with Gasteiger partial charge in [-0.25, -0.2) is 0 Å². The maximum Gasteiger partial charge on any atom is 0.120 e. The average Bonchev–Trinajstić information content (AvgIpc) is 2.54. The molecule has 2 aromatic carbocycles. The van der Waals surface area contributed by atoms with E-state index in [0.717, 1.165) is 15.7 Å². The van der Waals surface area contributed by atoms with Gasteiger partial charge in [-0.15, -0.1) is 24.4 Å². The number of methoxy groups -OCH3 is 1. The summed E-state index contributed by atoms with van der Waals surface area (Å²) in [6.07, 6.45) is 2.06. The molecule has 1 heterocycles. The van der Waals surface area contributed by atoms with Crippen molar-refractivity contribution in [3.63, 3.8) is 0 Å². The summed E-state index contributed by atoms with van der Waals surface area (Å²) in [7, 11) is 3.78. The van der Waals surface area contributed by atoms with Crippen LogP contribution in [0.3, 0.4) is 0 Å². The number of ether oxygens (including phenoxy) is 1. The van der Waals surface area contributed by atoms with E-state index in [2.05, 4.69) is 54.6 Å². The van der Waals surface area contributed by atoms with Gasteiger partial charge in [0.1, 0.15) is 5.75 Å². The molecule has 0 spiro atoms. The third-order valence-corrected chi connectivity index (χ3v) is 5.14. The normalized spacial score (nSPS) is 15.3. The van der Waals surface area contributed by atoms with Crippen molar-refractivity contribution in [2.45, 2.75) is 0 Å². The van der Waals surface area contributed by atoms with Crippen LogP contribution in [0.2, 0.25) is 0 Å². The van der Waals surface area contributed by atoms with Gasteiger partial charge in [0.2, 0.25) is 0 Å². The lowest BCUT2D eigenvalue weighted by molar-refractivity contribution is 0.415. The second-order valence-electron chi connectivity index (χ2n) is 4.84. The molecule has 0 amide bonds. The fourth-order valence-electron chi connectivity index (χ4n) is 2.71. The van der Waals surface area contributed by atoms with Crippen LogP contribution in [0.4, 0.5) is 11.4 Å². The molecule has 108 valence electrons. The van der Waals surface area contributed by atoms with Gasteiger partial charge in [0.15, 0.2) is 0 Å². The Hall–Kier alpha value is -1.52. The maximum absolute atomic E-state index is 5.37. The van der Waals surface area contributed by atoms with Gasteiger partial charge >= 0.3 is 0 Å². The van der Waals surface area contributed by atoms with Crippen LogP contribution in [-0.4, -0.2) is 20.4 Å². The molecule has 4 heteroatoms. The van der Waals surface area contributed by atoms with Gasteiger partial charge in [-0.3, -0.25) is 0 Å². The summed E-state index contributed by atoms with van der Waals surface area (Å²) in [5.74, 6) is 0.865. The molecule has 0 atom stereocenters. The number of fused-ring (bicyclic) bond motifs is 2. The predicted octanol–water partition coefficient (Wildman–Crippen LogP) is 4.79. The van der Waals surface area contributed by atoms with Crippen LogP contribution in [0.15, 0.2) is 46.7 Å². The molecule has 1 aliphatic rings. The first-order chi connectivity index (χ1) is 10.2. The molecule has 0 bridgehead atoms. The molecule has 21 heavy (non-hydrogen) atoms. The Morgan fingerprint density at radius 3 is 2.52 bits per heavy atom. The van der Waals surface area contributed by atoms with Gasteiger partial charge in [-0.05, 0) is 24.5 Å². The Morgan fingerprint density at radius 1 is 1.10 bits per heavy atom. The fraction of sp³-hybridized carbons (Fsp3) is 0.176. The summed E-state index contributed by atoms with van der Waals surface area (Å²) in [6, 6.07) is 14.6. The molecule has 0 saturated carbocycles. The summed E-state index contributed by atoms with van der Waals surface area (Å²) in [5.41, 5.74) is 5.93. The summed E-state index contributed by atoms with van der Waals surface area (Å²) < 4.78 is 6.40. The first-order valence-electron chi connectivity index (χ1n) is 6.66. The molecule has 0 aliphatic carbocycles. The molecule has 0 fully saturated rings. The van der Waals surface area contributed by atoms with Crippen molar-refractivity contribution in [1.29, 1.82) is 0 Å². The minimum absolute atomic E-state index is 0.865. The zero-order valence-electron chi connectivity index (χ0n) is 12.3. The summed E-state index contributed by atoms with van der Waals surface area (Å²) in [4.78, 5) is 2.21. The van der Waals surface area contributed by atoms with Gasteiger partial charge < -0.3 is 9.64 Å². The molecule has 1 aliphatic heterocycles. The van der Waals surface area contributed by atoms with Crippen molar-refractivity contribution in [3.8, 4) is 5.75 Å². The molecular formula is C17H17NOS2. The zero-order valence-corrected chi connectivity index (χ0v) is 14.0. The Kier molecular flexibility index (Phi) is 3.91. The Balaban J connectivity index is 2.32. The fourth-order valence-corrected chi connectivity index (χ4v) is 3.38. The minimum atomic E-state index is 0.865. The number of nitrogens with zero attached hydrogens (tertiary/aromatic N) is 1. The first kappa shape index (κ1) is 14.4. The second-order valence-corrected chi connectivity index (χ2v) is 6.41. The highest BCUT2D eigenvalue weighted by Gasteiger charge is 2.25. The van der Waals surface area contributed by atoms with Gasteiger partial charge in [-0.2, -0.15) is 0 Å². The average molecular weight is 315 g/mol. The minimum Gasteiger partial charge on any atom is -0.497 e. The highest BCUT2D eigenvalue weighted by molar-refractivity contribution is 8.15. The number of rotatable bonds is 2. The molecular weight excluding hydrogens is 298 g/mol. The van der Waals surface area contributed by atoms with E-state index in [1.54, 1.807) is 18.9 Å². The summed E-state index contributed by atoms with van der Waals surface area (Å²) >= 11 is 6.36. The van der Waals surface area contributed by atoms with Crippen molar-refractivity contribution in [3.05, 3.63) is 57.8 Å². The van der Waals surface area contributed by atoms with E-state index in [4.69, 9.17) is 17.4 Å². The Labute approximate surface area is 135 Å². The molecule has 2 aromatic rings. The van der Waals surface area contributed by atoms with Crippen molar-refractivity contribution in [1.82, 2.24) is 0 Å². The summed E-state index contributed by atoms with van der Waals surface area (Å²) in [5, 5.41) is 0. The van der Waals surface area contributed by atoms with E-state index in [9.17, 15) is 0 Å². The lowest BCUT2D eigenvalue weighted by atomic mass is 9.91. The van der Waals surface area contributed by atoms with Crippen LogP contribution >= 0.6 is 24.4 Å². The van der Waals surface area contributed by atoms with Crippen molar-refractivity contribution >= 4 is 41.3 Å². The number of para-hydroxylation sites is 1. The van der Waals surface area contributed by atoms with Gasteiger partial charge in [0.05, 0.1) is 12.8 Å². The number of anilines is 2. The van der Waals surface area contributed by atoms with Gasteiger partial charge in [0, 0.05) is 39.7 Å². The number of thiol groups is 1. The zero-order chi connectivity index (χ0) is 15.0. The van der Waals surface area contributed by atoms with Crippen LogP contribution < -0.4 is 9.64 Å². The Morgan fingerprint density at radius 2 is 1.81 bits per heavy atom. The van der Waals surface area contributed by atoms with Gasteiger partial charge in [0.25, 0.3) is 0 Å². The van der Waals surface area contributed by atoms with Crippen LogP contribution in [0, 0.1) is 0 Å². The van der Waals surface area contributed by atoms with E-state index in [-0.39, 0.29) is 0 Å². The Bertz CT molecular complexity index is 724. The first-order valence-corrected chi connectivity index (χ1v) is 8.33. The number of hydrogen-bond donors (Lipinski definition) is 1. The maximum atomic E-state index is 5.37. The van der Waals surface area contributed by atoms with Crippen molar-refractivity contribution in [2.24, 2.45) is 0 Å². The van der Waals surface area contributed by atoms with E-state index in [0.29, 0.717) is 0 Å². The van der Waals surface area contributed by atoms with Crippen LogP contribution in [-0.2, 0) is 0 Å². The van der Waals surface area contributed by atoms with Crippen molar-refractivity contribution in [2.75, 3.05) is 25.3 Å². The largest absolute Gasteiger partial charge is 0.497 e. The highest BCUT2D eigenvalue weighted by atomic mass is 32.2. The molecule has 0 aromatic heterocycles. The lowest BCUT2D eigenvalue weighted by Gasteiger charge is -2.32. The number of hydrogen-bond acceptors (Lipinski definition) is 4. The standard InChI is InChI=1S/C17H17NOS2/c1-18-14-7-5-4-6-12(14)16(17(20)21-3)13-9-8-11(19-2)10-15(13)18/h4-10,20H,1-3H3/b17-16-. The topological polar surface area (TPSA) is 12.5 Å². The quantitative estimate of drug-likeness (QED) is 0.801. The van der Waals surface area contributed by atoms with Gasteiger partial charge in [-0.1, -0.05) is 18.2 Å². The van der Waals surface area contributed by atoms with Crippen LogP contribution in [0.5, 0.6) is 5.75 Å². The third-order valence-electron chi connectivity index (χ3n) is 3.78. The van der Waals surface area contributed by atoms with E-state index >= 15 is 0 Å². The summed E-state index contributed by atoms with van der Waals surface area (Å²) in [6.45, 7) is 0. The van der Waals surface area contributed by atoms with Crippen LogP contribution in [0.1, 0.15) is 11.1 Å². The van der Waals surface area contributed by atoms with E-state index < -0.39 is 0 Å². The molecule has 0 saturated heterocycles. The molecule has 3 rings (SSSR count). The predicted molar refractivity (Wildman–Crippen MR) is 96.0 cm³/mol. The number of benzene rings is 2. The SMILES string of the molecule is COc1ccc2c(c1)N(C)c1ccccc1/C2=C(\S)SC. The third kappa shape index (κ3) is 2.32. The molecule has 0 radical (unpaired) electrons. The van der Waals surface area contributed by atoms with Crippen LogP contribution in [0.25, 0.3) is 5.57 Å².